The molecular weight excluding hydrogens is 568 g/mol. The van der Waals surface area contributed by atoms with Crippen LogP contribution < -0.4 is 14.2 Å². The minimum Gasteiger partial charge on any atom is -0.493 e. The fraction of sp³-hybridized carbons (Fsp3) is 0.417. The van der Waals surface area contributed by atoms with E-state index in [4.69, 9.17) is 14.2 Å². The van der Waals surface area contributed by atoms with Gasteiger partial charge in [0.25, 0.3) is 0 Å². The third-order valence-electron chi connectivity index (χ3n) is 9.57. The average Bonchev–Trinajstić information content (AvgIpc) is 3.65. The fourth-order valence-electron chi connectivity index (χ4n) is 7.02. The van der Waals surface area contributed by atoms with Gasteiger partial charge >= 0.3 is 0 Å². The number of nitrogens with zero attached hydrogens (tertiary/aromatic N) is 3. The SMILES string of the molecule is COc1cc(CN2CCC(CCN3CCC(C(=O)c4nc5ccccc5[nH]4)CC3)(Cc3ccccc3)C2=O)cc(OC)c1OC. The number of aromatic nitrogens is 2. The predicted molar refractivity (Wildman–Crippen MR) is 173 cm³/mol. The highest BCUT2D eigenvalue weighted by molar-refractivity contribution is 5.97. The molecule has 2 aliphatic rings. The van der Waals surface area contributed by atoms with Gasteiger partial charge < -0.3 is 29.0 Å². The smallest absolute Gasteiger partial charge is 0.229 e. The Bertz CT molecular complexity index is 1590. The number of amides is 1. The normalized spacial score (nSPS) is 19.3. The Balaban J connectivity index is 1.13. The van der Waals surface area contributed by atoms with E-state index in [2.05, 4.69) is 27.0 Å². The summed E-state index contributed by atoms with van der Waals surface area (Å²) in [6.07, 6.45) is 3.87. The van der Waals surface area contributed by atoms with Crippen LogP contribution in [0.5, 0.6) is 17.2 Å². The molecule has 45 heavy (non-hydrogen) atoms. The van der Waals surface area contributed by atoms with E-state index in [1.807, 2.05) is 59.5 Å². The quantitative estimate of drug-likeness (QED) is 0.211. The number of Topliss-reactive ketones (excluding diaryl/α,β-unsaturated/α-hetero) is 1. The van der Waals surface area contributed by atoms with Crippen LogP contribution in [0, 0.1) is 11.3 Å². The van der Waals surface area contributed by atoms with E-state index in [0.29, 0.717) is 42.6 Å². The molecule has 3 aromatic carbocycles. The van der Waals surface area contributed by atoms with Crippen LogP contribution in [-0.2, 0) is 17.8 Å². The number of benzene rings is 3. The van der Waals surface area contributed by atoms with E-state index in [1.54, 1.807) is 21.3 Å². The molecule has 0 bridgehead atoms. The molecule has 2 saturated heterocycles. The number of ether oxygens (including phenoxy) is 3. The molecule has 1 aromatic heterocycles. The van der Waals surface area contributed by atoms with Crippen LogP contribution in [-0.4, -0.2) is 79.0 Å². The maximum absolute atomic E-state index is 14.3. The minimum absolute atomic E-state index is 0.0397. The Morgan fingerprint density at radius 1 is 0.911 bits per heavy atom. The number of aromatic amines is 1. The van der Waals surface area contributed by atoms with E-state index in [9.17, 15) is 9.59 Å². The van der Waals surface area contributed by atoms with Crippen LogP contribution in [0.2, 0.25) is 0 Å². The van der Waals surface area contributed by atoms with Gasteiger partial charge in [0.05, 0.1) is 37.8 Å². The Morgan fingerprint density at radius 2 is 1.60 bits per heavy atom. The summed E-state index contributed by atoms with van der Waals surface area (Å²) in [4.78, 5) is 39.7. The first-order chi connectivity index (χ1) is 21.9. The Hall–Kier alpha value is -4.37. The number of nitrogens with one attached hydrogen (secondary N) is 1. The Kier molecular flexibility index (Phi) is 9.07. The van der Waals surface area contributed by atoms with E-state index in [0.717, 1.165) is 61.9 Å². The zero-order valence-electron chi connectivity index (χ0n) is 26.4. The van der Waals surface area contributed by atoms with E-state index < -0.39 is 5.41 Å². The zero-order chi connectivity index (χ0) is 31.4. The topological polar surface area (TPSA) is 97.0 Å². The summed E-state index contributed by atoms with van der Waals surface area (Å²) in [6.45, 7) is 3.66. The molecule has 0 spiro atoms. The van der Waals surface area contributed by atoms with E-state index in [1.165, 1.54) is 5.56 Å². The highest BCUT2D eigenvalue weighted by Gasteiger charge is 2.46. The van der Waals surface area contributed by atoms with Crippen molar-refractivity contribution in [2.75, 3.05) is 47.5 Å². The number of carbonyl (C=O) groups is 2. The van der Waals surface area contributed by atoms with E-state index >= 15 is 0 Å². The first kappa shape index (κ1) is 30.6. The van der Waals surface area contributed by atoms with Crippen molar-refractivity contribution in [3.8, 4) is 17.2 Å². The Labute approximate surface area is 264 Å². The monoisotopic (exact) mass is 610 g/mol. The van der Waals surface area contributed by atoms with E-state index in [-0.39, 0.29) is 17.6 Å². The molecule has 9 nitrogen and oxygen atoms in total. The number of likely N-dealkylation sites (tertiary alicyclic amines) is 2. The second kappa shape index (κ2) is 13.3. The van der Waals surface area contributed by atoms with Crippen LogP contribution >= 0.6 is 0 Å². The van der Waals surface area contributed by atoms with Gasteiger partial charge in [0, 0.05) is 19.0 Å². The number of hydrogen-bond acceptors (Lipinski definition) is 7. The molecule has 1 atom stereocenters. The van der Waals surface area contributed by atoms with Gasteiger partial charge in [-0.1, -0.05) is 42.5 Å². The molecule has 9 heteroatoms. The molecule has 0 aliphatic carbocycles. The zero-order valence-corrected chi connectivity index (χ0v) is 26.4. The van der Waals surface area contributed by atoms with Gasteiger partial charge in [-0.15, -0.1) is 0 Å². The number of para-hydroxylation sites is 2. The van der Waals surface area contributed by atoms with Crippen molar-refractivity contribution in [1.29, 1.82) is 0 Å². The second-order valence-electron chi connectivity index (χ2n) is 12.3. The van der Waals surface area contributed by atoms with Gasteiger partial charge in [-0.25, -0.2) is 4.98 Å². The number of imidazole rings is 1. The Morgan fingerprint density at radius 3 is 2.27 bits per heavy atom. The van der Waals surface area contributed by atoms with Gasteiger partial charge in [0.2, 0.25) is 17.4 Å². The van der Waals surface area contributed by atoms with Gasteiger partial charge in [-0.05, 0) is 87.1 Å². The summed E-state index contributed by atoms with van der Waals surface area (Å²) in [5.74, 6) is 2.41. The number of hydrogen-bond donors (Lipinski definition) is 1. The molecule has 1 N–H and O–H groups in total. The summed E-state index contributed by atoms with van der Waals surface area (Å²) in [5, 5.41) is 0. The lowest BCUT2D eigenvalue weighted by Gasteiger charge is -2.35. The van der Waals surface area contributed by atoms with Crippen molar-refractivity contribution in [3.63, 3.8) is 0 Å². The summed E-state index contributed by atoms with van der Waals surface area (Å²) in [5.41, 5.74) is 3.34. The molecule has 236 valence electrons. The average molecular weight is 611 g/mol. The second-order valence-corrected chi connectivity index (χ2v) is 12.3. The number of ketones is 1. The third kappa shape index (κ3) is 6.40. The largest absolute Gasteiger partial charge is 0.493 e. The van der Waals surface area contributed by atoms with Crippen LogP contribution in [0.4, 0.5) is 0 Å². The van der Waals surface area contributed by atoms with Crippen molar-refractivity contribution in [3.05, 3.63) is 83.7 Å². The molecule has 1 amide bonds. The fourth-order valence-corrected chi connectivity index (χ4v) is 7.02. The number of rotatable bonds is 12. The molecule has 3 heterocycles. The van der Waals surface area contributed by atoms with Crippen LogP contribution in [0.3, 0.4) is 0 Å². The van der Waals surface area contributed by atoms with Gasteiger partial charge in [-0.2, -0.15) is 0 Å². The lowest BCUT2D eigenvalue weighted by atomic mass is 9.77. The summed E-state index contributed by atoms with van der Waals surface area (Å²) < 4.78 is 16.6. The van der Waals surface area contributed by atoms with Gasteiger partial charge in [0.1, 0.15) is 0 Å². The number of H-pyrrole nitrogens is 1. The number of piperidine rings is 1. The predicted octanol–water partition coefficient (Wildman–Crippen LogP) is 5.54. The molecule has 4 aromatic rings. The number of methoxy groups -OCH3 is 3. The summed E-state index contributed by atoms with van der Waals surface area (Å²) in [7, 11) is 4.79. The van der Waals surface area contributed by atoms with Gasteiger partial charge in [0.15, 0.2) is 17.3 Å². The van der Waals surface area contributed by atoms with Gasteiger partial charge in [-0.3, -0.25) is 9.59 Å². The molecule has 0 saturated carbocycles. The maximum atomic E-state index is 14.3. The number of fused-ring (bicyclic) bond motifs is 1. The lowest BCUT2D eigenvalue weighted by molar-refractivity contribution is -0.137. The van der Waals surface area contributed by atoms with Crippen LogP contribution in [0.25, 0.3) is 11.0 Å². The summed E-state index contributed by atoms with van der Waals surface area (Å²) in [6, 6.07) is 21.9. The molecule has 1 unspecified atom stereocenters. The standard InChI is InChI=1S/C36H42N4O5/c1-43-30-21-26(22-31(44-2)33(30)45-3)24-40-20-16-36(35(40)42,23-25-9-5-4-6-10-25)15-19-39-17-13-27(14-18-39)32(41)34-37-28-11-7-8-12-29(28)38-34/h4-12,21-22,27H,13-20,23-24H2,1-3H3,(H,37,38). The molecule has 0 radical (unpaired) electrons. The molecule has 2 fully saturated rings. The van der Waals surface area contributed by atoms with Crippen molar-refractivity contribution in [2.24, 2.45) is 11.3 Å². The van der Waals surface area contributed by atoms with Crippen molar-refractivity contribution >= 4 is 22.7 Å². The van der Waals surface area contributed by atoms with Crippen molar-refractivity contribution < 1.29 is 23.8 Å². The third-order valence-corrected chi connectivity index (χ3v) is 9.57. The first-order valence-corrected chi connectivity index (χ1v) is 15.8. The minimum atomic E-state index is -0.483. The molecule has 6 rings (SSSR count). The first-order valence-electron chi connectivity index (χ1n) is 15.8. The van der Waals surface area contributed by atoms with Crippen LogP contribution in [0.1, 0.15) is 47.4 Å². The highest BCUT2D eigenvalue weighted by atomic mass is 16.5. The summed E-state index contributed by atoms with van der Waals surface area (Å²) >= 11 is 0. The number of carbonyl (C=O) groups excluding carboxylic acids is 2. The molecular formula is C36H42N4O5. The van der Waals surface area contributed by atoms with Crippen LogP contribution in [0.15, 0.2) is 66.7 Å². The lowest BCUT2D eigenvalue weighted by Crippen LogP contribution is -2.42. The van der Waals surface area contributed by atoms with Crippen molar-refractivity contribution in [1.82, 2.24) is 19.8 Å². The molecule has 2 aliphatic heterocycles. The highest BCUT2D eigenvalue weighted by Crippen LogP contribution is 2.42. The van der Waals surface area contributed by atoms with Crippen molar-refractivity contribution in [2.45, 2.75) is 38.6 Å². The maximum Gasteiger partial charge on any atom is 0.229 e.